The Morgan fingerprint density at radius 3 is 2.59 bits per heavy atom. The summed E-state index contributed by atoms with van der Waals surface area (Å²) < 4.78 is 13.4. The maximum absolute atomic E-state index is 13.4. The molecule has 0 amide bonds. The highest BCUT2D eigenvalue weighted by Crippen LogP contribution is 2.24. The van der Waals surface area contributed by atoms with Crippen LogP contribution in [0.15, 0.2) is 65.7 Å². The lowest BCUT2D eigenvalue weighted by atomic mass is 10.00. The summed E-state index contributed by atoms with van der Waals surface area (Å²) in [4.78, 5) is 4.24. The van der Waals surface area contributed by atoms with Crippen LogP contribution in [0.5, 0.6) is 5.75 Å². The lowest BCUT2D eigenvalue weighted by Crippen LogP contribution is -2.38. The van der Waals surface area contributed by atoms with Crippen molar-refractivity contribution in [1.82, 2.24) is 10.6 Å². The van der Waals surface area contributed by atoms with Gasteiger partial charge in [0.25, 0.3) is 0 Å². The van der Waals surface area contributed by atoms with E-state index >= 15 is 0 Å². The molecule has 3 N–H and O–H groups in total. The van der Waals surface area contributed by atoms with Crippen LogP contribution < -0.4 is 10.6 Å². The summed E-state index contributed by atoms with van der Waals surface area (Å²) >= 11 is 0. The minimum Gasteiger partial charge on any atom is -0.505 e. The molecule has 142 valence electrons. The van der Waals surface area contributed by atoms with Gasteiger partial charge in [0.1, 0.15) is 0 Å². The Morgan fingerprint density at radius 2 is 1.85 bits per heavy atom. The number of hydrogen-bond acceptors (Lipinski definition) is 2. The molecule has 0 saturated carbocycles. The van der Waals surface area contributed by atoms with E-state index in [0.717, 1.165) is 5.56 Å². The highest BCUT2D eigenvalue weighted by atomic mass is 127. The molecule has 0 bridgehead atoms. The van der Waals surface area contributed by atoms with Crippen molar-refractivity contribution in [1.29, 1.82) is 0 Å². The zero-order valence-electron chi connectivity index (χ0n) is 15.2. The topological polar surface area (TPSA) is 56.7 Å². The highest BCUT2D eigenvalue weighted by Gasteiger charge is 2.11. The standard InChI is InChI=1S/C21H22FN3O.HI/c1-14(17-9-5-7-16-6-3-4-8-18(16)17)25-21(23-2)24-13-15-10-11-20(26)19(22)12-15;/h3-12,14,26H,13H2,1-2H3,(H2,23,24,25);1H. The summed E-state index contributed by atoms with van der Waals surface area (Å²) in [7, 11) is 1.70. The zero-order chi connectivity index (χ0) is 18.5. The first kappa shape index (κ1) is 21.0. The first-order valence-electron chi connectivity index (χ1n) is 8.50. The number of rotatable bonds is 4. The molecular weight excluding hydrogens is 456 g/mol. The zero-order valence-corrected chi connectivity index (χ0v) is 17.6. The van der Waals surface area contributed by atoms with Crippen molar-refractivity contribution in [2.24, 2.45) is 4.99 Å². The van der Waals surface area contributed by atoms with E-state index in [1.165, 1.54) is 28.5 Å². The number of fused-ring (bicyclic) bond motifs is 1. The SMILES string of the molecule is CN=C(NCc1ccc(O)c(F)c1)NC(C)c1cccc2ccccc12.I. The molecule has 27 heavy (non-hydrogen) atoms. The minimum atomic E-state index is -0.628. The Morgan fingerprint density at radius 1 is 1.11 bits per heavy atom. The number of benzene rings is 3. The quantitative estimate of drug-likeness (QED) is 0.288. The molecule has 0 radical (unpaired) electrons. The average Bonchev–Trinajstić information content (AvgIpc) is 2.67. The second kappa shape index (κ2) is 9.55. The molecule has 3 rings (SSSR count). The highest BCUT2D eigenvalue weighted by molar-refractivity contribution is 14.0. The predicted octanol–water partition coefficient (Wildman–Crippen LogP) is 4.73. The monoisotopic (exact) mass is 479 g/mol. The first-order chi connectivity index (χ1) is 12.6. The lowest BCUT2D eigenvalue weighted by Gasteiger charge is -2.20. The molecule has 0 saturated heterocycles. The van der Waals surface area contributed by atoms with E-state index in [4.69, 9.17) is 0 Å². The van der Waals surface area contributed by atoms with Crippen LogP contribution in [0.4, 0.5) is 4.39 Å². The Labute approximate surface area is 175 Å². The van der Waals surface area contributed by atoms with Crippen molar-refractivity contribution >= 4 is 40.7 Å². The van der Waals surface area contributed by atoms with E-state index < -0.39 is 5.82 Å². The van der Waals surface area contributed by atoms with Gasteiger partial charge in [-0.1, -0.05) is 48.5 Å². The van der Waals surface area contributed by atoms with Gasteiger partial charge in [0.05, 0.1) is 6.04 Å². The largest absolute Gasteiger partial charge is 0.505 e. The minimum absolute atomic E-state index is 0. The average molecular weight is 479 g/mol. The molecular formula is C21H23FIN3O. The van der Waals surface area contributed by atoms with Crippen LogP contribution in [0.3, 0.4) is 0 Å². The third-order valence-electron chi connectivity index (χ3n) is 4.34. The van der Waals surface area contributed by atoms with Crippen molar-refractivity contribution in [3.05, 3.63) is 77.6 Å². The molecule has 4 nitrogen and oxygen atoms in total. The van der Waals surface area contributed by atoms with Gasteiger partial charge in [-0.05, 0) is 41.0 Å². The molecule has 3 aromatic rings. The van der Waals surface area contributed by atoms with Crippen LogP contribution in [0, 0.1) is 5.82 Å². The van der Waals surface area contributed by atoms with Crippen LogP contribution in [0.1, 0.15) is 24.1 Å². The van der Waals surface area contributed by atoms with E-state index in [-0.39, 0.29) is 35.8 Å². The summed E-state index contributed by atoms with van der Waals surface area (Å²) in [5.41, 5.74) is 1.91. The third-order valence-corrected chi connectivity index (χ3v) is 4.34. The van der Waals surface area contributed by atoms with E-state index in [0.29, 0.717) is 12.5 Å². The molecule has 0 heterocycles. The molecule has 0 aliphatic heterocycles. The number of phenolic OH excluding ortho intramolecular Hbond substituents is 1. The van der Waals surface area contributed by atoms with Gasteiger partial charge in [-0.2, -0.15) is 0 Å². The predicted molar refractivity (Wildman–Crippen MR) is 119 cm³/mol. The smallest absolute Gasteiger partial charge is 0.191 e. The first-order valence-corrected chi connectivity index (χ1v) is 8.50. The van der Waals surface area contributed by atoms with Gasteiger partial charge in [-0.25, -0.2) is 4.39 Å². The van der Waals surface area contributed by atoms with E-state index in [2.05, 4.69) is 46.8 Å². The van der Waals surface area contributed by atoms with Gasteiger partial charge in [-0.15, -0.1) is 24.0 Å². The van der Waals surface area contributed by atoms with Crippen molar-refractivity contribution in [2.45, 2.75) is 19.5 Å². The molecule has 3 aromatic carbocycles. The van der Waals surface area contributed by atoms with Crippen molar-refractivity contribution in [3.63, 3.8) is 0 Å². The number of hydrogen-bond donors (Lipinski definition) is 3. The Bertz CT molecular complexity index is 940. The Kier molecular flexibility index (Phi) is 7.41. The number of nitrogens with zero attached hydrogens (tertiary/aromatic N) is 1. The van der Waals surface area contributed by atoms with Crippen LogP contribution in [0.25, 0.3) is 10.8 Å². The van der Waals surface area contributed by atoms with Gasteiger partial charge in [0.2, 0.25) is 0 Å². The van der Waals surface area contributed by atoms with Crippen LogP contribution in [-0.2, 0) is 6.54 Å². The van der Waals surface area contributed by atoms with E-state index in [1.54, 1.807) is 13.1 Å². The van der Waals surface area contributed by atoms with Crippen molar-refractivity contribution < 1.29 is 9.50 Å². The summed E-state index contributed by atoms with van der Waals surface area (Å²) in [5.74, 6) is -0.351. The van der Waals surface area contributed by atoms with Crippen LogP contribution in [-0.4, -0.2) is 18.1 Å². The van der Waals surface area contributed by atoms with Gasteiger partial charge in [-0.3, -0.25) is 4.99 Å². The number of aliphatic imine (C=N–C) groups is 1. The van der Waals surface area contributed by atoms with Crippen molar-refractivity contribution in [2.75, 3.05) is 7.05 Å². The molecule has 0 aliphatic carbocycles. The summed E-state index contributed by atoms with van der Waals surface area (Å²) in [6.45, 7) is 2.48. The molecule has 0 fully saturated rings. The summed E-state index contributed by atoms with van der Waals surface area (Å²) in [6.07, 6.45) is 0. The molecule has 0 aromatic heterocycles. The maximum atomic E-state index is 13.4. The fraction of sp³-hybridized carbons (Fsp3) is 0.190. The summed E-state index contributed by atoms with van der Waals surface area (Å²) in [6, 6.07) is 18.9. The van der Waals surface area contributed by atoms with Crippen LogP contribution >= 0.6 is 24.0 Å². The van der Waals surface area contributed by atoms with Gasteiger partial charge < -0.3 is 15.7 Å². The maximum Gasteiger partial charge on any atom is 0.191 e. The number of guanidine groups is 1. The second-order valence-electron chi connectivity index (χ2n) is 6.15. The number of halogens is 2. The number of aromatic hydroxyl groups is 1. The molecule has 1 atom stereocenters. The summed E-state index contributed by atoms with van der Waals surface area (Å²) in [5, 5.41) is 18.2. The second-order valence-corrected chi connectivity index (χ2v) is 6.15. The molecule has 0 aliphatic rings. The lowest BCUT2D eigenvalue weighted by molar-refractivity contribution is 0.431. The molecule has 0 spiro atoms. The Balaban J connectivity index is 0.00000261. The van der Waals surface area contributed by atoms with Crippen molar-refractivity contribution in [3.8, 4) is 5.75 Å². The van der Waals surface area contributed by atoms with E-state index in [9.17, 15) is 9.50 Å². The number of phenols is 1. The van der Waals surface area contributed by atoms with Crippen LogP contribution in [0.2, 0.25) is 0 Å². The third kappa shape index (κ3) is 5.09. The normalized spacial score (nSPS) is 12.3. The molecule has 6 heteroatoms. The van der Waals surface area contributed by atoms with E-state index in [1.807, 2.05) is 18.2 Å². The fourth-order valence-electron chi connectivity index (χ4n) is 2.95. The fourth-order valence-corrected chi connectivity index (χ4v) is 2.95. The Hall–Kier alpha value is -2.35. The van der Waals surface area contributed by atoms with Gasteiger partial charge in [0.15, 0.2) is 17.5 Å². The van der Waals surface area contributed by atoms with Gasteiger partial charge in [0, 0.05) is 13.6 Å². The van der Waals surface area contributed by atoms with Gasteiger partial charge >= 0.3 is 0 Å². The molecule has 1 unspecified atom stereocenters. The number of nitrogens with one attached hydrogen (secondary N) is 2.